The number of nitrogens with one attached hydrogen (secondary N) is 1. The Kier molecular flexibility index (Phi) is 5.81. The van der Waals surface area contributed by atoms with Gasteiger partial charge in [0.05, 0.1) is 22.8 Å². The minimum absolute atomic E-state index is 0.0232. The number of esters is 1. The van der Waals surface area contributed by atoms with Crippen LogP contribution in [0.1, 0.15) is 35.7 Å². The molecule has 0 aliphatic carbocycles. The molecule has 3 N–H and O–H groups in total. The fourth-order valence-corrected chi connectivity index (χ4v) is 3.28. The van der Waals surface area contributed by atoms with E-state index in [1.807, 2.05) is 13.8 Å². The zero-order chi connectivity index (χ0) is 21.2. The van der Waals surface area contributed by atoms with E-state index in [2.05, 4.69) is 10.3 Å². The molecule has 0 aromatic heterocycles. The van der Waals surface area contributed by atoms with E-state index in [1.54, 1.807) is 18.2 Å². The standard InChI is InChI=1S/C20H21N3O5S/c1-12(2)11-28-20(25)13-3-8-18-16(9-13)17(19(24)23-18)10-22-14-4-6-15(7-5-14)29(21,26)27/h3-10,12,17H,11H2,1-2H3,(H,23,24)(H2,21,26,27). The van der Waals surface area contributed by atoms with Gasteiger partial charge >= 0.3 is 5.97 Å². The van der Waals surface area contributed by atoms with Crippen LogP contribution in [-0.2, 0) is 19.6 Å². The van der Waals surface area contributed by atoms with Crippen molar-refractivity contribution in [2.24, 2.45) is 16.0 Å². The number of carbonyl (C=O) groups excluding carboxylic acids is 2. The number of ether oxygens (including phenoxy) is 1. The van der Waals surface area contributed by atoms with Gasteiger partial charge in [-0.2, -0.15) is 0 Å². The molecule has 8 nitrogen and oxygen atoms in total. The number of rotatable bonds is 6. The van der Waals surface area contributed by atoms with E-state index in [9.17, 15) is 18.0 Å². The van der Waals surface area contributed by atoms with Crippen LogP contribution in [0.3, 0.4) is 0 Å². The molecule has 0 saturated carbocycles. The lowest BCUT2D eigenvalue weighted by Crippen LogP contribution is -2.13. The molecule has 3 rings (SSSR count). The average molecular weight is 415 g/mol. The number of nitrogens with zero attached hydrogens (tertiary/aromatic N) is 1. The summed E-state index contributed by atoms with van der Waals surface area (Å²) in [5.41, 5.74) is 2.05. The third kappa shape index (κ3) is 4.87. The first kappa shape index (κ1) is 20.7. The van der Waals surface area contributed by atoms with Gasteiger partial charge in [0.2, 0.25) is 15.9 Å². The maximum Gasteiger partial charge on any atom is 0.338 e. The van der Waals surface area contributed by atoms with E-state index in [1.165, 1.54) is 30.5 Å². The van der Waals surface area contributed by atoms with Gasteiger partial charge < -0.3 is 10.1 Å². The van der Waals surface area contributed by atoms with Crippen molar-refractivity contribution < 1.29 is 22.7 Å². The van der Waals surface area contributed by atoms with E-state index in [0.29, 0.717) is 29.1 Å². The second kappa shape index (κ2) is 8.14. The Bertz CT molecular complexity index is 1080. The molecule has 1 heterocycles. The molecule has 1 aliphatic rings. The van der Waals surface area contributed by atoms with Gasteiger partial charge in [-0.25, -0.2) is 18.4 Å². The maximum absolute atomic E-state index is 12.3. The summed E-state index contributed by atoms with van der Waals surface area (Å²) in [7, 11) is -3.78. The lowest BCUT2D eigenvalue weighted by atomic mass is 9.99. The van der Waals surface area contributed by atoms with Crippen molar-refractivity contribution in [2.45, 2.75) is 24.7 Å². The number of hydrogen-bond donors (Lipinski definition) is 2. The topological polar surface area (TPSA) is 128 Å². The van der Waals surface area contributed by atoms with Crippen molar-refractivity contribution >= 4 is 39.5 Å². The molecule has 1 unspecified atom stereocenters. The first-order chi connectivity index (χ1) is 13.6. The molecule has 2 aromatic carbocycles. The van der Waals surface area contributed by atoms with E-state index in [0.717, 1.165) is 0 Å². The van der Waals surface area contributed by atoms with E-state index < -0.39 is 21.9 Å². The molecule has 2 aromatic rings. The summed E-state index contributed by atoms with van der Waals surface area (Å²) in [4.78, 5) is 28.8. The number of benzene rings is 2. The van der Waals surface area contributed by atoms with E-state index in [4.69, 9.17) is 9.88 Å². The Morgan fingerprint density at radius 2 is 1.93 bits per heavy atom. The zero-order valence-electron chi connectivity index (χ0n) is 16.0. The molecule has 1 atom stereocenters. The van der Waals surface area contributed by atoms with E-state index in [-0.39, 0.29) is 16.7 Å². The Balaban J connectivity index is 1.81. The predicted molar refractivity (Wildman–Crippen MR) is 109 cm³/mol. The Hall–Kier alpha value is -3.04. The summed E-state index contributed by atoms with van der Waals surface area (Å²) in [5, 5.41) is 7.82. The predicted octanol–water partition coefficient (Wildman–Crippen LogP) is 2.58. The second-order valence-corrected chi connectivity index (χ2v) is 8.64. The maximum atomic E-state index is 12.3. The number of anilines is 1. The van der Waals surface area contributed by atoms with Gasteiger partial charge in [0.25, 0.3) is 0 Å². The monoisotopic (exact) mass is 415 g/mol. The van der Waals surface area contributed by atoms with Gasteiger partial charge in [-0.3, -0.25) is 9.79 Å². The van der Waals surface area contributed by atoms with Gasteiger partial charge in [-0.1, -0.05) is 13.8 Å². The van der Waals surface area contributed by atoms with Crippen LogP contribution >= 0.6 is 0 Å². The van der Waals surface area contributed by atoms with Crippen LogP contribution in [0.2, 0.25) is 0 Å². The van der Waals surface area contributed by atoms with Crippen molar-refractivity contribution in [3.05, 3.63) is 53.6 Å². The minimum atomic E-state index is -3.78. The number of fused-ring (bicyclic) bond motifs is 1. The van der Waals surface area contributed by atoms with Crippen molar-refractivity contribution in [3.63, 3.8) is 0 Å². The molecular formula is C20H21N3O5S. The molecule has 152 valence electrons. The lowest BCUT2D eigenvalue weighted by Gasteiger charge is -2.09. The van der Waals surface area contributed by atoms with Gasteiger partial charge in [0.15, 0.2) is 0 Å². The number of primary sulfonamides is 1. The highest BCUT2D eigenvalue weighted by Crippen LogP contribution is 2.33. The number of carbonyl (C=O) groups is 2. The highest BCUT2D eigenvalue weighted by Gasteiger charge is 2.30. The summed E-state index contributed by atoms with van der Waals surface area (Å²) in [6.45, 7) is 4.20. The molecule has 0 fully saturated rings. The Labute approximate surface area is 168 Å². The summed E-state index contributed by atoms with van der Waals surface area (Å²) >= 11 is 0. The molecule has 0 spiro atoms. The molecule has 1 aliphatic heterocycles. The summed E-state index contributed by atoms with van der Waals surface area (Å²) < 4.78 is 27.9. The summed E-state index contributed by atoms with van der Waals surface area (Å²) in [6.07, 6.45) is 1.45. The Morgan fingerprint density at radius 3 is 2.55 bits per heavy atom. The largest absolute Gasteiger partial charge is 0.462 e. The quantitative estimate of drug-likeness (QED) is 0.554. The van der Waals surface area contributed by atoms with Crippen molar-refractivity contribution in [1.82, 2.24) is 0 Å². The zero-order valence-corrected chi connectivity index (χ0v) is 16.8. The van der Waals surface area contributed by atoms with Gasteiger partial charge in [0.1, 0.15) is 5.92 Å². The third-order valence-corrected chi connectivity index (χ3v) is 5.18. The highest BCUT2D eigenvalue weighted by molar-refractivity contribution is 7.89. The normalized spacial score (nSPS) is 16.1. The molecular weight excluding hydrogens is 394 g/mol. The minimum Gasteiger partial charge on any atom is -0.462 e. The fraction of sp³-hybridized carbons (Fsp3) is 0.250. The number of aliphatic imine (C=N–C) groups is 1. The third-order valence-electron chi connectivity index (χ3n) is 4.25. The van der Waals surface area contributed by atoms with Crippen molar-refractivity contribution in [1.29, 1.82) is 0 Å². The Morgan fingerprint density at radius 1 is 1.24 bits per heavy atom. The second-order valence-electron chi connectivity index (χ2n) is 7.08. The first-order valence-electron chi connectivity index (χ1n) is 8.94. The van der Waals surface area contributed by atoms with Crippen molar-refractivity contribution in [2.75, 3.05) is 11.9 Å². The number of nitrogens with two attached hydrogens (primary N) is 1. The molecule has 0 saturated heterocycles. The van der Waals surface area contributed by atoms with Gasteiger partial charge in [0, 0.05) is 11.9 Å². The van der Waals surface area contributed by atoms with Crippen LogP contribution in [0, 0.1) is 5.92 Å². The summed E-state index contributed by atoms with van der Waals surface area (Å²) in [5.74, 6) is -1.18. The van der Waals surface area contributed by atoms with Crippen molar-refractivity contribution in [3.8, 4) is 0 Å². The van der Waals surface area contributed by atoms with Crippen LogP contribution in [-0.4, -0.2) is 33.1 Å². The molecule has 0 bridgehead atoms. The number of amides is 1. The van der Waals surface area contributed by atoms with E-state index >= 15 is 0 Å². The number of sulfonamides is 1. The lowest BCUT2D eigenvalue weighted by molar-refractivity contribution is -0.115. The highest BCUT2D eigenvalue weighted by atomic mass is 32.2. The smallest absolute Gasteiger partial charge is 0.338 e. The first-order valence-corrected chi connectivity index (χ1v) is 10.5. The SMILES string of the molecule is CC(C)COC(=O)c1ccc2c(c1)C(C=Nc1ccc(S(N)(=O)=O)cc1)C(=O)N2. The van der Waals surface area contributed by atoms with Crippen LogP contribution in [0.15, 0.2) is 52.4 Å². The fourth-order valence-electron chi connectivity index (χ4n) is 2.77. The van der Waals surface area contributed by atoms with Crippen LogP contribution in [0.5, 0.6) is 0 Å². The molecule has 9 heteroatoms. The van der Waals surface area contributed by atoms with Gasteiger partial charge in [-0.05, 0) is 53.9 Å². The summed E-state index contributed by atoms with van der Waals surface area (Å²) in [6, 6.07) is 10.5. The molecule has 1 amide bonds. The van der Waals surface area contributed by atoms with Crippen LogP contribution in [0.25, 0.3) is 0 Å². The number of hydrogen-bond acceptors (Lipinski definition) is 6. The van der Waals surface area contributed by atoms with Crippen LogP contribution < -0.4 is 10.5 Å². The van der Waals surface area contributed by atoms with Gasteiger partial charge in [-0.15, -0.1) is 0 Å². The average Bonchev–Trinajstić information content (AvgIpc) is 2.98. The molecule has 29 heavy (non-hydrogen) atoms. The molecule has 0 radical (unpaired) electrons. The van der Waals surface area contributed by atoms with Crippen LogP contribution in [0.4, 0.5) is 11.4 Å².